The monoisotopic (exact) mass is 217 g/mol. The molecular weight excluding hydrogens is 206 g/mol. The fourth-order valence-corrected chi connectivity index (χ4v) is 1.82. The van der Waals surface area contributed by atoms with Crippen LogP contribution in [0.25, 0.3) is 11.1 Å². The Morgan fingerprint density at radius 3 is 2.27 bits per heavy atom. The van der Waals surface area contributed by atoms with E-state index in [-0.39, 0.29) is 0 Å². The van der Waals surface area contributed by atoms with Crippen molar-refractivity contribution in [3.05, 3.63) is 53.1 Å². The van der Waals surface area contributed by atoms with Crippen LogP contribution in [-0.2, 0) is 0 Å². The van der Waals surface area contributed by atoms with E-state index in [9.17, 15) is 0 Å². The molecule has 0 saturated heterocycles. The summed E-state index contributed by atoms with van der Waals surface area (Å²) in [6, 6.07) is 14.1. The molecule has 0 radical (unpaired) electrons. The minimum Gasteiger partial charge on any atom is -0.397 e. The topological polar surface area (TPSA) is 26.0 Å². The van der Waals surface area contributed by atoms with Gasteiger partial charge < -0.3 is 5.73 Å². The first-order valence-electron chi connectivity index (χ1n) is 4.79. The van der Waals surface area contributed by atoms with Crippen LogP contribution in [0.15, 0.2) is 42.5 Å². The van der Waals surface area contributed by atoms with Crippen LogP contribution in [0.5, 0.6) is 0 Å². The van der Waals surface area contributed by atoms with Gasteiger partial charge in [0, 0.05) is 0 Å². The molecule has 0 aliphatic rings. The third-order valence-electron chi connectivity index (χ3n) is 2.44. The zero-order valence-corrected chi connectivity index (χ0v) is 9.25. The number of rotatable bonds is 1. The van der Waals surface area contributed by atoms with E-state index in [1.54, 1.807) is 0 Å². The number of hydrogen-bond acceptors (Lipinski definition) is 1. The molecule has 0 bridgehead atoms. The molecule has 2 aromatic rings. The second-order valence-corrected chi connectivity index (χ2v) is 3.96. The Bertz CT molecular complexity index is 454. The van der Waals surface area contributed by atoms with Crippen molar-refractivity contribution in [2.45, 2.75) is 6.92 Å². The van der Waals surface area contributed by atoms with Crippen molar-refractivity contribution >= 4 is 17.3 Å². The first-order chi connectivity index (χ1) is 7.18. The molecule has 2 aromatic carbocycles. The van der Waals surface area contributed by atoms with E-state index < -0.39 is 0 Å². The van der Waals surface area contributed by atoms with Gasteiger partial charge in [0.15, 0.2) is 0 Å². The molecule has 0 atom stereocenters. The Morgan fingerprint density at radius 2 is 1.67 bits per heavy atom. The first-order valence-corrected chi connectivity index (χ1v) is 5.17. The van der Waals surface area contributed by atoms with Gasteiger partial charge in [0.25, 0.3) is 0 Å². The number of aryl methyl sites for hydroxylation is 1. The van der Waals surface area contributed by atoms with E-state index in [0.29, 0.717) is 10.7 Å². The molecule has 0 heterocycles. The summed E-state index contributed by atoms with van der Waals surface area (Å²) in [7, 11) is 0. The van der Waals surface area contributed by atoms with Crippen LogP contribution in [0.3, 0.4) is 0 Å². The van der Waals surface area contributed by atoms with Crippen LogP contribution >= 0.6 is 11.6 Å². The normalized spacial score (nSPS) is 10.3. The molecule has 76 valence electrons. The maximum atomic E-state index is 6.04. The van der Waals surface area contributed by atoms with E-state index >= 15 is 0 Å². The molecule has 0 fully saturated rings. The number of anilines is 1. The van der Waals surface area contributed by atoms with Crippen LogP contribution in [0.1, 0.15) is 5.56 Å². The zero-order valence-electron chi connectivity index (χ0n) is 8.50. The number of hydrogen-bond donors (Lipinski definition) is 1. The number of nitrogen functional groups attached to an aromatic ring is 1. The number of halogens is 1. The smallest absolute Gasteiger partial charge is 0.0644 e. The molecular formula is C13H12ClN. The molecule has 1 nitrogen and oxygen atoms in total. The van der Waals surface area contributed by atoms with Crippen LogP contribution in [0.4, 0.5) is 5.69 Å². The van der Waals surface area contributed by atoms with Crippen molar-refractivity contribution in [1.29, 1.82) is 0 Å². The Labute approximate surface area is 94.5 Å². The molecule has 0 aliphatic carbocycles. The van der Waals surface area contributed by atoms with Gasteiger partial charge >= 0.3 is 0 Å². The first kappa shape index (κ1) is 10.1. The Kier molecular flexibility index (Phi) is 2.65. The summed E-state index contributed by atoms with van der Waals surface area (Å²) in [4.78, 5) is 0. The van der Waals surface area contributed by atoms with Crippen molar-refractivity contribution in [3.63, 3.8) is 0 Å². The summed E-state index contributed by atoms with van der Waals surface area (Å²) in [5.74, 6) is 0. The van der Waals surface area contributed by atoms with Crippen molar-refractivity contribution in [1.82, 2.24) is 0 Å². The van der Waals surface area contributed by atoms with E-state index in [1.807, 2.05) is 31.2 Å². The maximum absolute atomic E-state index is 6.04. The summed E-state index contributed by atoms with van der Waals surface area (Å²) in [6.45, 7) is 1.97. The lowest BCUT2D eigenvalue weighted by Crippen LogP contribution is -1.91. The highest BCUT2D eigenvalue weighted by Crippen LogP contribution is 2.29. The molecule has 0 amide bonds. The van der Waals surface area contributed by atoms with E-state index in [1.165, 1.54) is 0 Å². The van der Waals surface area contributed by atoms with Crippen LogP contribution < -0.4 is 5.73 Å². The molecule has 2 heteroatoms. The summed E-state index contributed by atoms with van der Waals surface area (Å²) in [5, 5.41) is 0.619. The molecule has 0 saturated carbocycles. The molecule has 2 rings (SSSR count). The third kappa shape index (κ3) is 1.97. The van der Waals surface area contributed by atoms with Crippen molar-refractivity contribution < 1.29 is 0 Å². The highest BCUT2D eigenvalue weighted by atomic mass is 35.5. The van der Waals surface area contributed by atoms with Gasteiger partial charge in [-0.05, 0) is 35.7 Å². The standard InChI is InChI=1S/C13H12ClN/c1-9-7-11(8-12(14)13(9)15)10-5-3-2-4-6-10/h2-8H,15H2,1H3. The minimum absolute atomic E-state index is 0.619. The van der Waals surface area contributed by atoms with E-state index in [2.05, 4.69) is 18.2 Å². The zero-order chi connectivity index (χ0) is 10.8. The van der Waals surface area contributed by atoms with Crippen LogP contribution in [0, 0.1) is 6.92 Å². The largest absolute Gasteiger partial charge is 0.397 e. The number of nitrogens with two attached hydrogens (primary N) is 1. The number of benzene rings is 2. The van der Waals surface area contributed by atoms with Crippen LogP contribution in [0.2, 0.25) is 5.02 Å². The predicted octanol–water partition coefficient (Wildman–Crippen LogP) is 3.90. The van der Waals surface area contributed by atoms with Crippen LogP contribution in [-0.4, -0.2) is 0 Å². The quantitative estimate of drug-likeness (QED) is 0.721. The lowest BCUT2D eigenvalue weighted by atomic mass is 10.0. The summed E-state index contributed by atoms with van der Waals surface area (Å²) in [5.41, 5.74) is 9.73. The average Bonchev–Trinajstić information content (AvgIpc) is 2.26. The SMILES string of the molecule is Cc1cc(-c2ccccc2)cc(Cl)c1N. The molecule has 15 heavy (non-hydrogen) atoms. The lowest BCUT2D eigenvalue weighted by Gasteiger charge is -2.07. The lowest BCUT2D eigenvalue weighted by molar-refractivity contribution is 1.46. The molecule has 0 spiro atoms. The second kappa shape index (κ2) is 3.95. The summed E-state index contributed by atoms with van der Waals surface area (Å²) >= 11 is 6.04. The van der Waals surface area contributed by atoms with E-state index in [4.69, 9.17) is 17.3 Å². The molecule has 0 unspecified atom stereocenters. The van der Waals surface area contributed by atoms with Crippen molar-refractivity contribution in [3.8, 4) is 11.1 Å². The average molecular weight is 218 g/mol. The van der Waals surface area contributed by atoms with Gasteiger partial charge in [-0.25, -0.2) is 0 Å². The minimum atomic E-state index is 0.619. The van der Waals surface area contributed by atoms with Gasteiger partial charge in [0.2, 0.25) is 0 Å². The van der Waals surface area contributed by atoms with Crippen molar-refractivity contribution in [2.75, 3.05) is 5.73 Å². The summed E-state index contributed by atoms with van der Waals surface area (Å²) in [6.07, 6.45) is 0. The molecule has 0 aromatic heterocycles. The van der Waals surface area contributed by atoms with Gasteiger partial charge in [-0.15, -0.1) is 0 Å². The van der Waals surface area contributed by atoms with Gasteiger partial charge in [-0.3, -0.25) is 0 Å². The Balaban J connectivity index is 2.56. The highest BCUT2D eigenvalue weighted by molar-refractivity contribution is 6.33. The second-order valence-electron chi connectivity index (χ2n) is 3.55. The molecule has 2 N–H and O–H groups in total. The Morgan fingerprint density at radius 1 is 1.00 bits per heavy atom. The predicted molar refractivity (Wildman–Crippen MR) is 66.0 cm³/mol. The Hall–Kier alpha value is -1.47. The fourth-order valence-electron chi connectivity index (χ4n) is 1.55. The summed E-state index contributed by atoms with van der Waals surface area (Å²) < 4.78 is 0. The van der Waals surface area contributed by atoms with Gasteiger partial charge in [0.1, 0.15) is 0 Å². The third-order valence-corrected chi connectivity index (χ3v) is 2.76. The fraction of sp³-hybridized carbons (Fsp3) is 0.0769. The highest BCUT2D eigenvalue weighted by Gasteiger charge is 2.04. The van der Waals surface area contributed by atoms with Crippen molar-refractivity contribution in [2.24, 2.45) is 0 Å². The maximum Gasteiger partial charge on any atom is 0.0644 e. The van der Waals surface area contributed by atoms with E-state index in [0.717, 1.165) is 16.7 Å². The van der Waals surface area contributed by atoms with Gasteiger partial charge in [0.05, 0.1) is 10.7 Å². The van der Waals surface area contributed by atoms with Gasteiger partial charge in [-0.1, -0.05) is 41.9 Å². The molecule has 0 aliphatic heterocycles. The van der Waals surface area contributed by atoms with Gasteiger partial charge in [-0.2, -0.15) is 0 Å².